The number of pyridine rings is 1. The Balaban J connectivity index is 2.82. The van der Waals surface area contributed by atoms with Crippen LogP contribution in [-0.2, 0) is 0 Å². The molecule has 1 aromatic heterocycles. The second-order valence-corrected chi connectivity index (χ2v) is 4.83. The number of rotatable bonds is 4. The minimum atomic E-state index is -0.350. The van der Waals surface area contributed by atoms with Gasteiger partial charge in [0, 0.05) is 17.8 Å². The van der Waals surface area contributed by atoms with E-state index in [2.05, 4.69) is 25.8 Å². The fraction of sp³-hybridized carbons (Fsp3) is 0.615. The molecule has 0 fully saturated rings. The van der Waals surface area contributed by atoms with Crippen molar-refractivity contribution in [2.45, 2.75) is 46.1 Å². The first-order chi connectivity index (χ1) is 6.99. The van der Waals surface area contributed by atoms with Crippen LogP contribution in [-0.4, -0.2) is 16.2 Å². The van der Waals surface area contributed by atoms with E-state index >= 15 is 0 Å². The average Bonchev–Trinajstić information content (AvgIpc) is 2.28. The maximum absolute atomic E-state index is 10.3. The SMILES string of the molecule is CCC(C)(C)C(O)C(C)c1ccccn1. The van der Waals surface area contributed by atoms with E-state index in [0.29, 0.717) is 0 Å². The lowest BCUT2D eigenvalue weighted by atomic mass is 9.77. The third-order valence-electron chi connectivity index (χ3n) is 3.34. The maximum Gasteiger partial charge on any atom is 0.0671 e. The summed E-state index contributed by atoms with van der Waals surface area (Å²) in [5.74, 6) is 0.0844. The quantitative estimate of drug-likeness (QED) is 0.823. The lowest BCUT2D eigenvalue weighted by Gasteiger charge is -2.33. The Kier molecular flexibility index (Phi) is 3.86. The summed E-state index contributed by atoms with van der Waals surface area (Å²) in [6.07, 6.45) is 2.39. The predicted molar refractivity (Wildman–Crippen MR) is 62.7 cm³/mol. The Morgan fingerprint density at radius 1 is 1.40 bits per heavy atom. The molecule has 1 N–H and O–H groups in total. The van der Waals surface area contributed by atoms with E-state index in [1.165, 1.54) is 0 Å². The first-order valence-corrected chi connectivity index (χ1v) is 5.58. The zero-order chi connectivity index (χ0) is 11.5. The van der Waals surface area contributed by atoms with Crippen molar-refractivity contribution in [3.05, 3.63) is 30.1 Å². The summed E-state index contributed by atoms with van der Waals surface area (Å²) in [5.41, 5.74) is 0.906. The van der Waals surface area contributed by atoms with Gasteiger partial charge in [0.15, 0.2) is 0 Å². The molecule has 84 valence electrons. The van der Waals surface area contributed by atoms with Crippen molar-refractivity contribution in [1.29, 1.82) is 0 Å². The highest BCUT2D eigenvalue weighted by molar-refractivity contribution is 5.11. The summed E-state index contributed by atoms with van der Waals surface area (Å²) in [4.78, 5) is 4.29. The smallest absolute Gasteiger partial charge is 0.0671 e. The summed E-state index contributed by atoms with van der Waals surface area (Å²) < 4.78 is 0. The van der Waals surface area contributed by atoms with E-state index in [1.54, 1.807) is 6.20 Å². The summed E-state index contributed by atoms with van der Waals surface area (Å²) in [6, 6.07) is 5.83. The number of aliphatic hydroxyl groups excluding tert-OH is 1. The zero-order valence-corrected chi connectivity index (χ0v) is 10.1. The van der Waals surface area contributed by atoms with Crippen molar-refractivity contribution in [3.63, 3.8) is 0 Å². The molecule has 1 heterocycles. The van der Waals surface area contributed by atoms with Gasteiger partial charge in [0.25, 0.3) is 0 Å². The van der Waals surface area contributed by atoms with Crippen LogP contribution in [0, 0.1) is 5.41 Å². The zero-order valence-electron chi connectivity index (χ0n) is 10.1. The molecule has 0 aromatic carbocycles. The van der Waals surface area contributed by atoms with Crippen LogP contribution < -0.4 is 0 Å². The van der Waals surface area contributed by atoms with Gasteiger partial charge >= 0.3 is 0 Å². The molecule has 0 aliphatic carbocycles. The molecule has 0 amide bonds. The molecule has 2 heteroatoms. The molecular weight excluding hydrogens is 186 g/mol. The van der Waals surface area contributed by atoms with Crippen LogP contribution in [0.3, 0.4) is 0 Å². The van der Waals surface area contributed by atoms with Crippen molar-refractivity contribution >= 4 is 0 Å². The highest BCUT2D eigenvalue weighted by Gasteiger charge is 2.31. The molecule has 2 unspecified atom stereocenters. The number of nitrogens with zero attached hydrogens (tertiary/aromatic N) is 1. The van der Waals surface area contributed by atoms with Crippen LogP contribution in [0.2, 0.25) is 0 Å². The normalized spacial score (nSPS) is 16.1. The van der Waals surface area contributed by atoms with Gasteiger partial charge in [-0.3, -0.25) is 4.98 Å². The molecule has 0 aliphatic rings. The monoisotopic (exact) mass is 207 g/mol. The summed E-state index contributed by atoms with van der Waals surface area (Å²) in [6.45, 7) is 8.33. The van der Waals surface area contributed by atoms with Crippen molar-refractivity contribution in [1.82, 2.24) is 4.98 Å². The Labute approximate surface area is 92.4 Å². The Bertz CT molecular complexity index is 295. The molecular formula is C13H21NO. The van der Waals surface area contributed by atoms with Crippen LogP contribution in [0.4, 0.5) is 0 Å². The van der Waals surface area contributed by atoms with E-state index in [9.17, 15) is 5.11 Å². The summed E-state index contributed by atoms with van der Waals surface area (Å²) in [7, 11) is 0. The fourth-order valence-electron chi connectivity index (χ4n) is 1.69. The number of aromatic nitrogens is 1. The molecule has 2 nitrogen and oxygen atoms in total. The molecule has 0 aliphatic heterocycles. The van der Waals surface area contributed by atoms with Gasteiger partial charge < -0.3 is 5.11 Å². The van der Waals surface area contributed by atoms with E-state index < -0.39 is 0 Å². The molecule has 0 saturated heterocycles. The van der Waals surface area contributed by atoms with Crippen LogP contribution >= 0.6 is 0 Å². The standard InChI is InChI=1S/C13H21NO/c1-5-13(3,4)12(15)10(2)11-8-6-7-9-14-11/h6-10,12,15H,5H2,1-4H3. The molecule has 0 radical (unpaired) electrons. The fourth-order valence-corrected chi connectivity index (χ4v) is 1.69. The first kappa shape index (κ1) is 12.2. The third kappa shape index (κ3) is 2.78. The molecule has 0 spiro atoms. The highest BCUT2D eigenvalue weighted by atomic mass is 16.3. The van der Waals surface area contributed by atoms with E-state index in [-0.39, 0.29) is 17.4 Å². The minimum Gasteiger partial charge on any atom is -0.392 e. The van der Waals surface area contributed by atoms with Crippen molar-refractivity contribution < 1.29 is 5.11 Å². The molecule has 2 atom stereocenters. The maximum atomic E-state index is 10.3. The summed E-state index contributed by atoms with van der Waals surface area (Å²) >= 11 is 0. The summed E-state index contributed by atoms with van der Waals surface area (Å²) in [5, 5.41) is 10.3. The van der Waals surface area contributed by atoms with Gasteiger partial charge in [0.1, 0.15) is 0 Å². The van der Waals surface area contributed by atoms with E-state index in [4.69, 9.17) is 0 Å². The van der Waals surface area contributed by atoms with Gasteiger partial charge in [-0.05, 0) is 24.0 Å². The first-order valence-electron chi connectivity index (χ1n) is 5.58. The second kappa shape index (κ2) is 4.75. The molecule has 15 heavy (non-hydrogen) atoms. The lowest BCUT2D eigenvalue weighted by Crippen LogP contribution is -2.33. The van der Waals surface area contributed by atoms with Gasteiger partial charge in [0.05, 0.1) is 6.10 Å². The van der Waals surface area contributed by atoms with Crippen molar-refractivity contribution in [2.75, 3.05) is 0 Å². The van der Waals surface area contributed by atoms with Crippen LogP contribution in [0.15, 0.2) is 24.4 Å². The molecule has 1 aromatic rings. The van der Waals surface area contributed by atoms with Gasteiger partial charge in [-0.15, -0.1) is 0 Å². The van der Waals surface area contributed by atoms with Crippen molar-refractivity contribution in [2.24, 2.45) is 5.41 Å². The van der Waals surface area contributed by atoms with Crippen molar-refractivity contribution in [3.8, 4) is 0 Å². The number of aliphatic hydroxyl groups is 1. The molecule has 0 saturated carbocycles. The van der Waals surface area contributed by atoms with Gasteiger partial charge in [-0.2, -0.15) is 0 Å². The van der Waals surface area contributed by atoms with Gasteiger partial charge in [-0.1, -0.05) is 33.8 Å². The molecule has 0 bridgehead atoms. The Morgan fingerprint density at radius 2 is 2.07 bits per heavy atom. The highest BCUT2D eigenvalue weighted by Crippen LogP contribution is 2.33. The topological polar surface area (TPSA) is 33.1 Å². The van der Waals surface area contributed by atoms with Gasteiger partial charge in [0.2, 0.25) is 0 Å². The van der Waals surface area contributed by atoms with Crippen LogP contribution in [0.5, 0.6) is 0 Å². The second-order valence-electron chi connectivity index (χ2n) is 4.83. The number of hydrogen-bond acceptors (Lipinski definition) is 2. The number of hydrogen-bond donors (Lipinski definition) is 1. The van der Waals surface area contributed by atoms with Crippen LogP contribution in [0.25, 0.3) is 0 Å². The molecule has 1 rings (SSSR count). The third-order valence-corrected chi connectivity index (χ3v) is 3.34. The lowest BCUT2D eigenvalue weighted by molar-refractivity contribution is 0.0279. The van der Waals surface area contributed by atoms with E-state index in [0.717, 1.165) is 12.1 Å². The minimum absolute atomic E-state index is 0.0586. The largest absolute Gasteiger partial charge is 0.392 e. The van der Waals surface area contributed by atoms with Crippen LogP contribution in [0.1, 0.15) is 45.7 Å². The predicted octanol–water partition coefficient (Wildman–Crippen LogP) is 2.98. The van der Waals surface area contributed by atoms with Gasteiger partial charge in [-0.25, -0.2) is 0 Å². The average molecular weight is 207 g/mol. The Morgan fingerprint density at radius 3 is 2.53 bits per heavy atom. The Hall–Kier alpha value is -0.890. The van der Waals surface area contributed by atoms with E-state index in [1.807, 2.05) is 25.1 Å².